The van der Waals surface area contributed by atoms with Gasteiger partial charge in [-0.25, -0.2) is 29.4 Å². The molecule has 7 nitrogen and oxygen atoms in total. The van der Waals surface area contributed by atoms with E-state index in [1.165, 1.54) is 17.3 Å². The molecule has 84 valence electrons. The Bertz CT molecular complexity index is 540. The SMILES string of the molecule is CCN(C(=O)O)n1cnc2c(Cl)ncnc21. The minimum atomic E-state index is -1.09. The van der Waals surface area contributed by atoms with E-state index in [-0.39, 0.29) is 11.7 Å². The van der Waals surface area contributed by atoms with Crippen molar-refractivity contribution in [1.29, 1.82) is 0 Å². The van der Waals surface area contributed by atoms with Crippen molar-refractivity contribution in [3.05, 3.63) is 17.8 Å². The molecule has 0 fully saturated rings. The van der Waals surface area contributed by atoms with Crippen LogP contribution in [0.25, 0.3) is 11.2 Å². The minimum absolute atomic E-state index is 0.199. The molecule has 2 aromatic heterocycles. The van der Waals surface area contributed by atoms with Crippen LogP contribution in [0.2, 0.25) is 5.15 Å². The maximum absolute atomic E-state index is 11.0. The zero-order valence-electron chi connectivity index (χ0n) is 8.33. The molecule has 0 saturated heterocycles. The average molecular weight is 242 g/mol. The van der Waals surface area contributed by atoms with E-state index >= 15 is 0 Å². The average Bonchev–Trinajstić information content (AvgIpc) is 2.64. The molecule has 0 saturated carbocycles. The van der Waals surface area contributed by atoms with E-state index in [9.17, 15) is 4.79 Å². The molecule has 0 aromatic carbocycles. The van der Waals surface area contributed by atoms with Crippen molar-refractivity contribution in [2.75, 3.05) is 11.6 Å². The number of carboxylic acid groups (broad SMARTS) is 1. The lowest BCUT2D eigenvalue weighted by molar-refractivity contribution is 0.195. The summed E-state index contributed by atoms with van der Waals surface area (Å²) in [6.45, 7) is 1.99. The first kappa shape index (κ1) is 10.6. The number of nitrogens with zero attached hydrogens (tertiary/aromatic N) is 5. The van der Waals surface area contributed by atoms with E-state index in [1.807, 2.05) is 0 Å². The van der Waals surface area contributed by atoms with Crippen LogP contribution in [0.4, 0.5) is 4.79 Å². The first-order valence-electron chi connectivity index (χ1n) is 4.49. The summed E-state index contributed by atoms with van der Waals surface area (Å²) in [4.78, 5) is 22.6. The van der Waals surface area contributed by atoms with Gasteiger partial charge in [0.05, 0.1) is 0 Å². The summed E-state index contributed by atoms with van der Waals surface area (Å²) in [6.07, 6.45) is 1.53. The van der Waals surface area contributed by atoms with Gasteiger partial charge in [-0.1, -0.05) is 11.6 Å². The first-order valence-corrected chi connectivity index (χ1v) is 4.87. The smallest absolute Gasteiger partial charge is 0.426 e. The molecule has 2 rings (SSSR count). The van der Waals surface area contributed by atoms with E-state index < -0.39 is 6.09 Å². The maximum Gasteiger partial charge on any atom is 0.426 e. The lowest BCUT2D eigenvalue weighted by atomic mass is 10.5. The van der Waals surface area contributed by atoms with Crippen molar-refractivity contribution in [3.63, 3.8) is 0 Å². The molecule has 1 amide bonds. The summed E-state index contributed by atoms with van der Waals surface area (Å²) in [5, 5.41) is 10.2. The highest BCUT2D eigenvalue weighted by Crippen LogP contribution is 2.17. The molecular formula is C8H8ClN5O2. The summed E-state index contributed by atoms with van der Waals surface area (Å²) < 4.78 is 1.32. The largest absolute Gasteiger partial charge is 0.464 e. The van der Waals surface area contributed by atoms with Crippen LogP contribution in [0.5, 0.6) is 0 Å². The van der Waals surface area contributed by atoms with Gasteiger partial charge in [0.25, 0.3) is 0 Å². The molecule has 2 aromatic rings. The summed E-state index contributed by atoms with van der Waals surface area (Å²) in [6, 6.07) is 0. The minimum Gasteiger partial charge on any atom is -0.464 e. The Hall–Kier alpha value is -1.89. The van der Waals surface area contributed by atoms with Gasteiger partial charge in [-0.2, -0.15) is 0 Å². The fourth-order valence-electron chi connectivity index (χ4n) is 1.35. The van der Waals surface area contributed by atoms with E-state index in [0.717, 1.165) is 5.01 Å². The van der Waals surface area contributed by atoms with Gasteiger partial charge < -0.3 is 5.11 Å². The number of halogens is 1. The lowest BCUT2D eigenvalue weighted by Gasteiger charge is -2.17. The van der Waals surface area contributed by atoms with Crippen molar-refractivity contribution in [2.24, 2.45) is 0 Å². The van der Waals surface area contributed by atoms with Crippen LogP contribution in [0.15, 0.2) is 12.7 Å². The van der Waals surface area contributed by atoms with E-state index in [1.54, 1.807) is 6.92 Å². The van der Waals surface area contributed by atoms with Gasteiger partial charge in [0.15, 0.2) is 10.8 Å². The zero-order chi connectivity index (χ0) is 11.7. The number of aromatic nitrogens is 4. The second kappa shape index (κ2) is 3.93. The van der Waals surface area contributed by atoms with E-state index in [2.05, 4.69) is 15.0 Å². The summed E-state index contributed by atoms with van der Waals surface area (Å²) in [5.74, 6) is 0. The highest BCUT2D eigenvalue weighted by molar-refractivity contribution is 6.33. The quantitative estimate of drug-likeness (QED) is 0.797. The third-order valence-electron chi connectivity index (χ3n) is 2.05. The predicted octanol–water partition coefficient (Wildman–Crippen LogP) is 1.12. The molecule has 0 unspecified atom stereocenters. The molecule has 1 N–H and O–H groups in total. The van der Waals surface area contributed by atoms with Gasteiger partial charge in [0, 0.05) is 6.54 Å². The molecule has 0 atom stereocenters. The summed E-state index contributed by atoms with van der Waals surface area (Å²) in [7, 11) is 0. The topological polar surface area (TPSA) is 84.1 Å². The number of carbonyl (C=O) groups is 1. The number of rotatable bonds is 2. The van der Waals surface area contributed by atoms with E-state index in [4.69, 9.17) is 16.7 Å². The highest BCUT2D eigenvalue weighted by atomic mass is 35.5. The standard InChI is InChI=1S/C8H8ClN5O2/c1-2-13(8(15)16)14-4-12-5-6(9)10-3-11-7(5)14/h3-4H,2H2,1H3,(H,15,16). The van der Waals surface area contributed by atoms with Crippen molar-refractivity contribution >= 4 is 28.9 Å². The Balaban J connectivity index is 2.61. The van der Waals surface area contributed by atoms with Crippen molar-refractivity contribution in [1.82, 2.24) is 19.6 Å². The molecule has 16 heavy (non-hydrogen) atoms. The molecule has 0 aliphatic carbocycles. The van der Waals surface area contributed by atoms with Crippen molar-refractivity contribution in [2.45, 2.75) is 6.92 Å². The predicted molar refractivity (Wildman–Crippen MR) is 57.1 cm³/mol. The fraction of sp³-hybridized carbons (Fsp3) is 0.250. The van der Waals surface area contributed by atoms with E-state index in [0.29, 0.717) is 11.2 Å². The van der Waals surface area contributed by atoms with Crippen molar-refractivity contribution in [3.8, 4) is 0 Å². The first-order chi connectivity index (χ1) is 7.65. The molecule has 0 aliphatic heterocycles. The number of imidazole rings is 1. The van der Waals surface area contributed by atoms with Crippen LogP contribution in [0, 0.1) is 0 Å². The molecule has 0 radical (unpaired) electrons. The Morgan fingerprint density at radius 3 is 2.94 bits per heavy atom. The van der Waals surface area contributed by atoms with Gasteiger partial charge in [-0.15, -0.1) is 0 Å². The number of hydrogen-bond donors (Lipinski definition) is 1. The highest BCUT2D eigenvalue weighted by Gasteiger charge is 2.16. The molecule has 0 spiro atoms. The van der Waals surface area contributed by atoms with Gasteiger partial charge in [0.1, 0.15) is 18.2 Å². The molecular weight excluding hydrogens is 234 g/mol. The zero-order valence-corrected chi connectivity index (χ0v) is 9.09. The summed E-state index contributed by atoms with van der Waals surface area (Å²) >= 11 is 5.80. The third-order valence-corrected chi connectivity index (χ3v) is 2.33. The maximum atomic E-state index is 11.0. The third kappa shape index (κ3) is 1.54. The second-order valence-corrected chi connectivity index (χ2v) is 3.28. The van der Waals surface area contributed by atoms with Crippen LogP contribution in [0.3, 0.4) is 0 Å². The van der Waals surface area contributed by atoms with Crippen LogP contribution in [-0.2, 0) is 0 Å². The molecule has 0 aliphatic rings. The monoisotopic (exact) mass is 241 g/mol. The normalized spacial score (nSPS) is 10.6. The molecule has 8 heteroatoms. The Morgan fingerprint density at radius 1 is 1.56 bits per heavy atom. The lowest BCUT2D eigenvalue weighted by Crippen LogP contribution is -2.38. The van der Waals surface area contributed by atoms with Crippen LogP contribution in [0.1, 0.15) is 6.92 Å². The van der Waals surface area contributed by atoms with Gasteiger partial charge >= 0.3 is 6.09 Å². The van der Waals surface area contributed by atoms with Gasteiger partial charge in [-0.3, -0.25) is 0 Å². The van der Waals surface area contributed by atoms with Crippen LogP contribution in [-0.4, -0.2) is 37.4 Å². The van der Waals surface area contributed by atoms with Crippen molar-refractivity contribution < 1.29 is 9.90 Å². The van der Waals surface area contributed by atoms with Crippen LogP contribution < -0.4 is 5.01 Å². The Labute approximate surface area is 95.3 Å². The molecule has 0 bridgehead atoms. The number of amides is 1. The van der Waals surface area contributed by atoms with Gasteiger partial charge in [-0.05, 0) is 6.92 Å². The fourth-order valence-corrected chi connectivity index (χ4v) is 1.53. The number of fused-ring (bicyclic) bond motifs is 1. The number of hydrogen-bond acceptors (Lipinski definition) is 4. The second-order valence-electron chi connectivity index (χ2n) is 2.92. The Kier molecular flexibility index (Phi) is 2.61. The Morgan fingerprint density at radius 2 is 2.31 bits per heavy atom. The van der Waals surface area contributed by atoms with Gasteiger partial charge in [0.2, 0.25) is 0 Å². The molecule has 2 heterocycles. The summed E-state index contributed by atoms with van der Waals surface area (Å²) in [5.41, 5.74) is 0.744. The van der Waals surface area contributed by atoms with Crippen LogP contribution >= 0.6 is 11.6 Å².